The van der Waals surface area contributed by atoms with Gasteiger partial charge in [-0.2, -0.15) is 0 Å². The molecule has 0 unspecified atom stereocenters. The lowest BCUT2D eigenvalue weighted by Gasteiger charge is -2.25. The summed E-state index contributed by atoms with van der Waals surface area (Å²) < 4.78 is 5.29. The highest BCUT2D eigenvalue weighted by atomic mass is 16.5. The SMILES string of the molecule is Cc1ccccc1NC(=O)COC(=O)c1cc(C(C)(C)C)cc(C(C)(C)C)c1. The lowest BCUT2D eigenvalue weighted by molar-refractivity contribution is -0.119. The van der Waals surface area contributed by atoms with Gasteiger partial charge >= 0.3 is 5.97 Å². The van der Waals surface area contributed by atoms with Crippen LogP contribution < -0.4 is 5.32 Å². The molecule has 4 nitrogen and oxygen atoms in total. The molecule has 1 amide bonds. The highest BCUT2D eigenvalue weighted by Gasteiger charge is 2.23. The monoisotopic (exact) mass is 381 g/mol. The Morgan fingerprint density at radius 2 is 1.43 bits per heavy atom. The maximum atomic E-state index is 12.6. The van der Waals surface area contributed by atoms with Crippen molar-refractivity contribution in [3.63, 3.8) is 0 Å². The van der Waals surface area contributed by atoms with Crippen molar-refractivity contribution >= 4 is 17.6 Å². The molecular weight excluding hydrogens is 350 g/mol. The maximum absolute atomic E-state index is 12.6. The Hall–Kier alpha value is -2.62. The Morgan fingerprint density at radius 1 is 0.893 bits per heavy atom. The molecule has 0 saturated carbocycles. The molecule has 2 aromatic carbocycles. The first-order valence-corrected chi connectivity index (χ1v) is 9.56. The van der Waals surface area contributed by atoms with E-state index in [2.05, 4.69) is 52.9 Å². The largest absolute Gasteiger partial charge is 0.452 e. The third kappa shape index (κ3) is 5.69. The molecule has 4 heteroatoms. The summed E-state index contributed by atoms with van der Waals surface area (Å²) in [6, 6.07) is 13.3. The van der Waals surface area contributed by atoms with Crippen LogP contribution in [0.2, 0.25) is 0 Å². The molecule has 0 fully saturated rings. The number of benzene rings is 2. The molecule has 28 heavy (non-hydrogen) atoms. The quantitative estimate of drug-likeness (QED) is 0.723. The summed E-state index contributed by atoms with van der Waals surface area (Å²) >= 11 is 0. The van der Waals surface area contributed by atoms with Gasteiger partial charge in [-0.25, -0.2) is 4.79 Å². The number of anilines is 1. The van der Waals surface area contributed by atoms with Crippen molar-refractivity contribution in [2.75, 3.05) is 11.9 Å². The summed E-state index contributed by atoms with van der Waals surface area (Å²) in [4.78, 5) is 24.8. The van der Waals surface area contributed by atoms with Gasteiger partial charge in [-0.05, 0) is 52.6 Å². The van der Waals surface area contributed by atoms with E-state index in [9.17, 15) is 9.59 Å². The van der Waals surface area contributed by atoms with Crippen molar-refractivity contribution in [2.24, 2.45) is 0 Å². The minimum Gasteiger partial charge on any atom is -0.452 e. The van der Waals surface area contributed by atoms with Crippen molar-refractivity contribution < 1.29 is 14.3 Å². The zero-order valence-electron chi connectivity index (χ0n) is 18.0. The van der Waals surface area contributed by atoms with Crippen LogP contribution in [0.15, 0.2) is 42.5 Å². The Morgan fingerprint density at radius 3 is 1.93 bits per heavy atom. The molecule has 0 heterocycles. The van der Waals surface area contributed by atoms with Gasteiger partial charge < -0.3 is 10.1 Å². The van der Waals surface area contributed by atoms with Crippen molar-refractivity contribution in [3.8, 4) is 0 Å². The Balaban J connectivity index is 2.15. The predicted octanol–water partition coefficient (Wildman–Crippen LogP) is 5.39. The zero-order chi connectivity index (χ0) is 21.1. The Bertz CT molecular complexity index is 838. The fourth-order valence-electron chi connectivity index (χ4n) is 2.73. The van der Waals surface area contributed by atoms with E-state index in [0.717, 1.165) is 16.7 Å². The van der Waals surface area contributed by atoms with Crippen LogP contribution in [0.3, 0.4) is 0 Å². The molecule has 2 aromatic rings. The smallest absolute Gasteiger partial charge is 0.338 e. The molecule has 150 valence electrons. The van der Waals surface area contributed by atoms with Crippen LogP contribution >= 0.6 is 0 Å². The fourth-order valence-corrected chi connectivity index (χ4v) is 2.73. The molecule has 0 atom stereocenters. The van der Waals surface area contributed by atoms with Crippen LogP contribution in [0.1, 0.15) is 68.6 Å². The van der Waals surface area contributed by atoms with Gasteiger partial charge in [0.25, 0.3) is 5.91 Å². The minimum absolute atomic E-state index is 0.0987. The second kappa shape index (κ2) is 8.17. The van der Waals surface area contributed by atoms with Gasteiger partial charge in [-0.1, -0.05) is 65.8 Å². The van der Waals surface area contributed by atoms with E-state index in [4.69, 9.17) is 4.74 Å². The number of rotatable bonds is 4. The average molecular weight is 382 g/mol. The average Bonchev–Trinajstić information content (AvgIpc) is 2.59. The standard InChI is InChI=1S/C24H31NO3/c1-16-10-8-9-11-20(16)25-21(26)15-28-22(27)17-12-18(23(2,3)4)14-19(13-17)24(5,6)7/h8-14H,15H2,1-7H3,(H,25,26). The summed E-state index contributed by atoms with van der Waals surface area (Å²) in [5, 5.41) is 2.77. The first kappa shape index (κ1) is 21.7. The number of nitrogens with one attached hydrogen (secondary N) is 1. The van der Waals surface area contributed by atoms with E-state index in [1.165, 1.54) is 0 Å². The number of ether oxygens (including phenoxy) is 1. The highest BCUT2D eigenvalue weighted by molar-refractivity contribution is 5.96. The van der Waals surface area contributed by atoms with E-state index in [0.29, 0.717) is 11.3 Å². The molecular formula is C24H31NO3. The van der Waals surface area contributed by atoms with Gasteiger partial charge in [0.1, 0.15) is 0 Å². The van der Waals surface area contributed by atoms with Gasteiger partial charge in [0.05, 0.1) is 5.56 Å². The first-order chi connectivity index (χ1) is 12.9. The number of carbonyl (C=O) groups excluding carboxylic acids is 2. The summed E-state index contributed by atoms with van der Waals surface area (Å²) in [5.74, 6) is -0.845. The number of hydrogen-bond donors (Lipinski definition) is 1. The summed E-state index contributed by atoms with van der Waals surface area (Å²) in [6.07, 6.45) is 0. The molecule has 2 rings (SSSR count). The maximum Gasteiger partial charge on any atom is 0.338 e. The van der Waals surface area contributed by atoms with Gasteiger partial charge in [0.2, 0.25) is 0 Å². The second-order valence-electron chi connectivity index (χ2n) is 9.24. The third-order valence-electron chi connectivity index (χ3n) is 4.65. The molecule has 0 saturated heterocycles. The number of aryl methyl sites for hydroxylation is 1. The summed E-state index contributed by atoms with van der Waals surface area (Å²) in [7, 11) is 0. The van der Waals surface area contributed by atoms with Crippen LogP contribution in [0.25, 0.3) is 0 Å². The number of hydrogen-bond acceptors (Lipinski definition) is 3. The van der Waals surface area contributed by atoms with Crippen LogP contribution in [0, 0.1) is 6.92 Å². The van der Waals surface area contributed by atoms with E-state index < -0.39 is 5.97 Å². The Kier molecular flexibility index (Phi) is 6.33. The number of amides is 1. The van der Waals surface area contributed by atoms with Gasteiger partial charge in [0, 0.05) is 5.69 Å². The molecule has 0 aromatic heterocycles. The van der Waals surface area contributed by atoms with Crippen molar-refractivity contribution in [2.45, 2.75) is 59.3 Å². The molecule has 0 aliphatic carbocycles. The van der Waals surface area contributed by atoms with E-state index >= 15 is 0 Å². The van der Waals surface area contributed by atoms with Gasteiger partial charge in [-0.3, -0.25) is 4.79 Å². The minimum atomic E-state index is -0.489. The molecule has 0 radical (unpaired) electrons. The van der Waals surface area contributed by atoms with Crippen molar-refractivity contribution in [3.05, 3.63) is 64.7 Å². The molecule has 1 N–H and O–H groups in total. The zero-order valence-corrected chi connectivity index (χ0v) is 18.0. The Labute approximate surface area is 168 Å². The molecule has 0 aliphatic heterocycles. The van der Waals surface area contributed by atoms with Crippen molar-refractivity contribution in [1.29, 1.82) is 0 Å². The summed E-state index contributed by atoms with van der Waals surface area (Å²) in [5.41, 5.74) is 4.08. The van der Waals surface area contributed by atoms with E-state index in [-0.39, 0.29) is 23.3 Å². The normalized spacial score (nSPS) is 11.8. The number of esters is 1. The molecule has 0 aliphatic rings. The summed E-state index contributed by atoms with van der Waals surface area (Å²) in [6.45, 7) is 14.3. The van der Waals surface area contributed by atoms with Crippen LogP contribution in [-0.4, -0.2) is 18.5 Å². The third-order valence-corrected chi connectivity index (χ3v) is 4.65. The van der Waals surface area contributed by atoms with E-state index in [1.54, 1.807) is 0 Å². The van der Waals surface area contributed by atoms with E-state index in [1.807, 2.05) is 43.3 Å². The number of para-hydroxylation sites is 1. The van der Waals surface area contributed by atoms with Crippen molar-refractivity contribution in [1.82, 2.24) is 0 Å². The van der Waals surface area contributed by atoms with Gasteiger partial charge in [0.15, 0.2) is 6.61 Å². The molecule has 0 bridgehead atoms. The fraction of sp³-hybridized carbons (Fsp3) is 0.417. The lowest BCUT2D eigenvalue weighted by atomic mass is 9.79. The van der Waals surface area contributed by atoms with Crippen LogP contribution in [-0.2, 0) is 20.4 Å². The topological polar surface area (TPSA) is 55.4 Å². The predicted molar refractivity (Wildman–Crippen MR) is 114 cm³/mol. The van der Waals surface area contributed by atoms with Gasteiger partial charge in [-0.15, -0.1) is 0 Å². The molecule has 0 spiro atoms. The van der Waals surface area contributed by atoms with Crippen LogP contribution in [0.4, 0.5) is 5.69 Å². The highest BCUT2D eigenvalue weighted by Crippen LogP contribution is 2.30. The number of carbonyl (C=O) groups is 2. The lowest BCUT2D eigenvalue weighted by Crippen LogP contribution is -2.22. The first-order valence-electron chi connectivity index (χ1n) is 9.56. The van der Waals surface area contributed by atoms with Crippen LogP contribution in [0.5, 0.6) is 0 Å². The second-order valence-corrected chi connectivity index (χ2v) is 9.24.